The van der Waals surface area contributed by atoms with Crippen LogP contribution in [0.1, 0.15) is 17.3 Å². The molecule has 120 valence electrons. The predicted molar refractivity (Wildman–Crippen MR) is 90.1 cm³/mol. The summed E-state index contributed by atoms with van der Waals surface area (Å²) in [6.07, 6.45) is -0.774. The number of rotatable bonds is 5. The number of amides is 2. The van der Waals surface area contributed by atoms with Crippen molar-refractivity contribution in [1.29, 1.82) is 0 Å². The average molecular weight is 353 g/mol. The third-order valence-electron chi connectivity index (χ3n) is 3.01. The fourth-order valence-corrected chi connectivity index (χ4v) is 2.12. The van der Waals surface area contributed by atoms with Gasteiger partial charge in [-0.1, -0.05) is 23.2 Å². The monoisotopic (exact) mass is 352 g/mol. The molecule has 0 saturated carbocycles. The van der Waals surface area contributed by atoms with Gasteiger partial charge in [-0.05, 0) is 49.4 Å². The third-order valence-corrected chi connectivity index (χ3v) is 3.57. The van der Waals surface area contributed by atoms with Crippen LogP contribution in [0, 0.1) is 0 Å². The smallest absolute Gasteiger partial charge is 0.265 e. The van der Waals surface area contributed by atoms with E-state index in [0.717, 1.165) is 0 Å². The van der Waals surface area contributed by atoms with Crippen LogP contribution >= 0.6 is 23.2 Å². The SMILES string of the molecule is C[C@H](Oc1ccc(C(N)=O)cc1)C(=O)Nc1cc(Cl)ccc1Cl. The number of nitrogens with two attached hydrogens (primary N) is 1. The third kappa shape index (κ3) is 4.61. The number of anilines is 1. The predicted octanol–water partition coefficient (Wildman–Crippen LogP) is 3.50. The number of hydrogen-bond acceptors (Lipinski definition) is 3. The zero-order valence-electron chi connectivity index (χ0n) is 12.2. The summed E-state index contributed by atoms with van der Waals surface area (Å²) in [5.74, 6) is -0.471. The Kier molecular flexibility index (Phi) is 5.47. The van der Waals surface area contributed by atoms with Gasteiger partial charge in [0.05, 0.1) is 10.7 Å². The van der Waals surface area contributed by atoms with Crippen molar-refractivity contribution < 1.29 is 14.3 Å². The normalized spacial score (nSPS) is 11.6. The molecule has 0 spiro atoms. The molecule has 2 aromatic carbocycles. The highest BCUT2D eigenvalue weighted by Gasteiger charge is 2.16. The van der Waals surface area contributed by atoms with Crippen LogP contribution in [0.15, 0.2) is 42.5 Å². The molecule has 0 fully saturated rings. The number of hydrogen-bond donors (Lipinski definition) is 2. The van der Waals surface area contributed by atoms with Crippen molar-refractivity contribution in [2.45, 2.75) is 13.0 Å². The minimum atomic E-state index is -0.774. The Labute approximate surface area is 143 Å². The Morgan fingerprint density at radius 1 is 1.13 bits per heavy atom. The molecule has 0 saturated heterocycles. The number of benzene rings is 2. The maximum Gasteiger partial charge on any atom is 0.265 e. The van der Waals surface area contributed by atoms with Crippen molar-refractivity contribution in [2.75, 3.05) is 5.32 Å². The highest BCUT2D eigenvalue weighted by molar-refractivity contribution is 6.35. The van der Waals surface area contributed by atoms with Gasteiger partial charge in [0.2, 0.25) is 5.91 Å². The minimum Gasteiger partial charge on any atom is -0.481 e. The first kappa shape index (κ1) is 17.1. The van der Waals surface area contributed by atoms with Crippen molar-refractivity contribution >= 4 is 40.7 Å². The fourth-order valence-electron chi connectivity index (χ4n) is 1.78. The number of halogens is 2. The molecule has 0 bridgehead atoms. The highest BCUT2D eigenvalue weighted by Crippen LogP contribution is 2.25. The van der Waals surface area contributed by atoms with Gasteiger partial charge in [0, 0.05) is 10.6 Å². The number of primary amides is 1. The lowest BCUT2D eigenvalue weighted by atomic mass is 10.2. The van der Waals surface area contributed by atoms with Gasteiger partial charge in [-0.25, -0.2) is 0 Å². The maximum absolute atomic E-state index is 12.1. The first-order valence-corrected chi connectivity index (χ1v) is 7.45. The molecule has 23 heavy (non-hydrogen) atoms. The van der Waals surface area contributed by atoms with Gasteiger partial charge in [0.15, 0.2) is 6.10 Å². The zero-order valence-corrected chi connectivity index (χ0v) is 13.7. The van der Waals surface area contributed by atoms with E-state index in [0.29, 0.717) is 27.0 Å². The van der Waals surface area contributed by atoms with Crippen LogP contribution in [0.2, 0.25) is 10.0 Å². The van der Waals surface area contributed by atoms with Crippen LogP contribution in [0.25, 0.3) is 0 Å². The Balaban J connectivity index is 2.02. The van der Waals surface area contributed by atoms with Crippen molar-refractivity contribution in [1.82, 2.24) is 0 Å². The second-order valence-electron chi connectivity index (χ2n) is 4.76. The molecule has 3 N–H and O–H groups in total. The van der Waals surface area contributed by atoms with Gasteiger partial charge < -0.3 is 15.8 Å². The van der Waals surface area contributed by atoms with Gasteiger partial charge in [-0.3, -0.25) is 9.59 Å². The van der Waals surface area contributed by atoms with E-state index in [1.165, 1.54) is 12.1 Å². The van der Waals surface area contributed by atoms with Gasteiger partial charge in [0.25, 0.3) is 5.91 Å². The lowest BCUT2D eigenvalue weighted by Crippen LogP contribution is -2.30. The number of nitrogens with one attached hydrogen (secondary N) is 1. The molecule has 1 atom stereocenters. The van der Waals surface area contributed by atoms with E-state index < -0.39 is 12.0 Å². The number of carbonyl (C=O) groups excluding carboxylic acids is 2. The molecule has 5 nitrogen and oxygen atoms in total. The van der Waals surface area contributed by atoms with Gasteiger partial charge in [0.1, 0.15) is 5.75 Å². The van der Waals surface area contributed by atoms with Crippen LogP contribution in [0.5, 0.6) is 5.75 Å². The van der Waals surface area contributed by atoms with E-state index in [1.54, 1.807) is 37.3 Å². The molecule has 0 aliphatic heterocycles. The highest BCUT2D eigenvalue weighted by atomic mass is 35.5. The number of ether oxygens (including phenoxy) is 1. The van der Waals surface area contributed by atoms with E-state index >= 15 is 0 Å². The fraction of sp³-hybridized carbons (Fsp3) is 0.125. The number of carbonyl (C=O) groups is 2. The van der Waals surface area contributed by atoms with Crippen LogP contribution < -0.4 is 15.8 Å². The molecule has 0 aromatic heterocycles. The summed E-state index contributed by atoms with van der Waals surface area (Å²) in [6, 6.07) is 10.9. The first-order valence-electron chi connectivity index (χ1n) is 6.69. The summed E-state index contributed by atoms with van der Waals surface area (Å²) >= 11 is 11.9. The van der Waals surface area contributed by atoms with Crippen molar-refractivity contribution in [3.63, 3.8) is 0 Å². The summed E-state index contributed by atoms with van der Waals surface area (Å²) in [5.41, 5.74) is 5.93. The zero-order chi connectivity index (χ0) is 17.0. The maximum atomic E-state index is 12.1. The molecule has 0 heterocycles. The molecular formula is C16H14Cl2N2O3. The van der Waals surface area contributed by atoms with Gasteiger partial charge in [-0.2, -0.15) is 0 Å². The van der Waals surface area contributed by atoms with Gasteiger partial charge in [-0.15, -0.1) is 0 Å². The lowest BCUT2D eigenvalue weighted by Gasteiger charge is -2.15. The molecule has 2 rings (SSSR count). The molecule has 0 radical (unpaired) electrons. The second kappa shape index (κ2) is 7.35. The van der Waals surface area contributed by atoms with E-state index in [4.69, 9.17) is 33.7 Å². The van der Waals surface area contributed by atoms with E-state index in [-0.39, 0.29) is 5.91 Å². The largest absolute Gasteiger partial charge is 0.481 e. The lowest BCUT2D eigenvalue weighted by molar-refractivity contribution is -0.122. The summed E-state index contributed by atoms with van der Waals surface area (Å²) < 4.78 is 5.51. The van der Waals surface area contributed by atoms with Gasteiger partial charge >= 0.3 is 0 Å². The standard InChI is InChI=1S/C16H14Cl2N2O3/c1-9(23-12-5-2-10(3-6-12)15(19)21)16(22)20-14-8-11(17)4-7-13(14)18/h2-9H,1H3,(H2,19,21)(H,20,22)/t9-/m0/s1. The summed E-state index contributed by atoms with van der Waals surface area (Å²) in [6.45, 7) is 1.59. The summed E-state index contributed by atoms with van der Waals surface area (Å²) in [7, 11) is 0. The van der Waals surface area contributed by atoms with E-state index in [9.17, 15) is 9.59 Å². The van der Waals surface area contributed by atoms with E-state index in [2.05, 4.69) is 5.32 Å². The Morgan fingerprint density at radius 2 is 1.78 bits per heavy atom. The van der Waals surface area contributed by atoms with Crippen LogP contribution in [0.4, 0.5) is 5.69 Å². The van der Waals surface area contributed by atoms with Crippen molar-refractivity contribution in [2.24, 2.45) is 5.73 Å². The molecule has 7 heteroatoms. The molecule has 0 aliphatic carbocycles. The quantitative estimate of drug-likeness (QED) is 0.863. The summed E-state index contributed by atoms with van der Waals surface area (Å²) in [4.78, 5) is 23.1. The second-order valence-corrected chi connectivity index (χ2v) is 5.61. The van der Waals surface area contributed by atoms with Crippen LogP contribution in [-0.4, -0.2) is 17.9 Å². The Morgan fingerprint density at radius 3 is 2.39 bits per heavy atom. The van der Waals surface area contributed by atoms with Crippen molar-refractivity contribution in [3.8, 4) is 5.75 Å². The Hall–Kier alpha value is -2.24. The average Bonchev–Trinajstić information content (AvgIpc) is 2.51. The van der Waals surface area contributed by atoms with Crippen LogP contribution in [-0.2, 0) is 4.79 Å². The topological polar surface area (TPSA) is 81.4 Å². The molecular weight excluding hydrogens is 339 g/mol. The minimum absolute atomic E-state index is 0.361. The summed E-state index contributed by atoms with van der Waals surface area (Å²) in [5, 5.41) is 3.48. The van der Waals surface area contributed by atoms with Crippen LogP contribution in [0.3, 0.4) is 0 Å². The molecule has 2 amide bonds. The van der Waals surface area contributed by atoms with Crippen molar-refractivity contribution in [3.05, 3.63) is 58.1 Å². The molecule has 0 unspecified atom stereocenters. The first-order chi connectivity index (χ1) is 10.9. The Bertz CT molecular complexity index is 733. The molecule has 0 aliphatic rings. The van der Waals surface area contributed by atoms with E-state index in [1.807, 2.05) is 0 Å². The molecule has 2 aromatic rings.